The highest BCUT2D eigenvalue weighted by Crippen LogP contribution is 2.13. The summed E-state index contributed by atoms with van der Waals surface area (Å²) in [4.78, 5) is 13.5. The van der Waals surface area contributed by atoms with Crippen LogP contribution in [0.25, 0.3) is 0 Å². The second kappa shape index (κ2) is 6.91. The molecule has 1 unspecified atom stereocenters. The van der Waals surface area contributed by atoms with E-state index in [1.165, 1.54) is 5.56 Å². The maximum atomic E-state index is 11.4. The number of benzene rings is 1. The third-order valence-electron chi connectivity index (χ3n) is 4.58. The monoisotopic (exact) mass is 313 g/mol. The molecule has 1 aliphatic rings. The van der Waals surface area contributed by atoms with Crippen LogP contribution in [-0.2, 0) is 30.6 Å². The quantitative estimate of drug-likeness (QED) is 0.885. The molecule has 1 aliphatic heterocycles. The molecule has 0 saturated carbocycles. The molecular formula is C17H23N5O. The lowest BCUT2D eigenvalue weighted by molar-refractivity contribution is -0.122. The fourth-order valence-electron chi connectivity index (χ4n) is 3.05. The highest BCUT2D eigenvalue weighted by molar-refractivity contribution is 5.79. The minimum atomic E-state index is -0.271. The summed E-state index contributed by atoms with van der Waals surface area (Å²) in [6.45, 7) is 4.27. The van der Waals surface area contributed by atoms with Gasteiger partial charge < -0.3 is 10.3 Å². The number of fused-ring (bicyclic) bond motifs is 1. The van der Waals surface area contributed by atoms with E-state index in [4.69, 9.17) is 5.73 Å². The van der Waals surface area contributed by atoms with Gasteiger partial charge in [-0.3, -0.25) is 9.69 Å². The van der Waals surface area contributed by atoms with Crippen LogP contribution in [0.4, 0.5) is 0 Å². The number of amides is 1. The van der Waals surface area contributed by atoms with Gasteiger partial charge in [0.05, 0.1) is 6.04 Å². The van der Waals surface area contributed by atoms with Gasteiger partial charge >= 0.3 is 0 Å². The molecule has 0 radical (unpaired) electrons. The first kappa shape index (κ1) is 15.7. The number of nitrogens with zero attached hydrogens (tertiary/aromatic N) is 4. The average molecular weight is 313 g/mol. The Morgan fingerprint density at radius 3 is 2.70 bits per heavy atom. The Bertz CT molecular complexity index is 667. The van der Waals surface area contributed by atoms with Crippen LogP contribution in [0.15, 0.2) is 30.3 Å². The summed E-state index contributed by atoms with van der Waals surface area (Å²) < 4.78 is 2.21. The van der Waals surface area contributed by atoms with Crippen molar-refractivity contribution in [1.82, 2.24) is 19.7 Å². The number of aromatic nitrogens is 3. The molecule has 1 atom stereocenters. The first-order chi connectivity index (χ1) is 11.1. The first-order valence-electron chi connectivity index (χ1n) is 8.13. The normalized spacial score (nSPS) is 16.6. The summed E-state index contributed by atoms with van der Waals surface area (Å²) in [5, 5.41) is 8.70. The van der Waals surface area contributed by atoms with Gasteiger partial charge in [-0.15, -0.1) is 10.2 Å². The van der Waals surface area contributed by atoms with Crippen LogP contribution in [0.2, 0.25) is 0 Å². The number of carbonyl (C=O) groups is 1. The van der Waals surface area contributed by atoms with E-state index in [-0.39, 0.29) is 11.9 Å². The van der Waals surface area contributed by atoms with Gasteiger partial charge in [-0.2, -0.15) is 0 Å². The smallest absolute Gasteiger partial charge is 0.234 e. The molecule has 6 nitrogen and oxygen atoms in total. The molecule has 0 aliphatic carbocycles. The number of primary amides is 1. The van der Waals surface area contributed by atoms with E-state index in [9.17, 15) is 4.79 Å². The molecule has 23 heavy (non-hydrogen) atoms. The summed E-state index contributed by atoms with van der Waals surface area (Å²) >= 11 is 0. The Balaban J connectivity index is 1.67. The number of aryl methyl sites for hydroxylation is 2. The van der Waals surface area contributed by atoms with Crippen molar-refractivity contribution in [3.05, 3.63) is 47.5 Å². The van der Waals surface area contributed by atoms with Crippen molar-refractivity contribution < 1.29 is 4.79 Å². The van der Waals surface area contributed by atoms with Crippen LogP contribution in [0.5, 0.6) is 0 Å². The van der Waals surface area contributed by atoms with Crippen LogP contribution in [0, 0.1) is 0 Å². The molecule has 0 spiro atoms. The zero-order valence-electron chi connectivity index (χ0n) is 13.5. The molecule has 0 bridgehead atoms. The van der Waals surface area contributed by atoms with Crippen molar-refractivity contribution >= 4 is 5.91 Å². The second-order valence-electron chi connectivity index (χ2n) is 6.03. The number of hydrogen-bond donors (Lipinski definition) is 1. The van der Waals surface area contributed by atoms with Crippen LogP contribution in [0.1, 0.15) is 24.1 Å². The molecule has 2 heterocycles. The summed E-state index contributed by atoms with van der Waals surface area (Å²) in [5.41, 5.74) is 6.73. The van der Waals surface area contributed by atoms with E-state index in [2.05, 4.69) is 43.9 Å². The molecule has 6 heteroatoms. The molecule has 2 N–H and O–H groups in total. The van der Waals surface area contributed by atoms with Crippen LogP contribution >= 0.6 is 0 Å². The number of carbonyl (C=O) groups excluding carboxylic acids is 1. The van der Waals surface area contributed by atoms with E-state index in [1.54, 1.807) is 0 Å². The Morgan fingerprint density at radius 1 is 1.17 bits per heavy atom. The van der Waals surface area contributed by atoms with Crippen molar-refractivity contribution in [3.63, 3.8) is 0 Å². The number of nitrogens with two attached hydrogens (primary N) is 1. The molecule has 2 aromatic rings. The van der Waals surface area contributed by atoms with Crippen molar-refractivity contribution in [3.8, 4) is 0 Å². The minimum absolute atomic E-state index is 0.236. The van der Waals surface area contributed by atoms with Crippen LogP contribution in [0.3, 0.4) is 0 Å². The molecule has 1 amide bonds. The Hall–Kier alpha value is -2.21. The Labute approximate surface area is 136 Å². The lowest BCUT2D eigenvalue weighted by Gasteiger charge is -2.24. The van der Waals surface area contributed by atoms with Crippen molar-refractivity contribution in [2.24, 2.45) is 5.73 Å². The maximum Gasteiger partial charge on any atom is 0.234 e. The predicted molar refractivity (Wildman–Crippen MR) is 87.8 cm³/mol. The third kappa shape index (κ3) is 3.59. The van der Waals surface area contributed by atoms with E-state index < -0.39 is 0 Å². The highest BCUT2D eigenvalue weighted by atomic mass is 16.1. The molecule has 3 rings (SSSR count). The fourth-order valence-corrected chi connectivity index (χ4v) is 3.05. The molecule has 0 saturated heterocycles. The van der Waals surface area contributed by atoms with Gasteiger partial charge in [-0.25, -0.2) is 0 Å². The molecule has 1 aromatic heterocycles. The van der Waals surface area contributed by atoms with Gasteiger partial charge in [-0.05, 0) is 18.9 Å². The predicted octanol–water partition coefficient (Wildman–Crippen LogP) is 0.795. The van der Waals surface area contributed by atoms with E-state index in [0.717, 1.165) is 50.5 Å². The van der Waals surface area contributed by atoms with Crippen molar-refractivity contribution in [2.75, 3.05) is 13.1 Å². The average Bonchev–Trinajstić information content (AvgIpc) is 2.83. The minimum Gasteiger partial charge on any atom is -0.368 e. The SMILES string of the molecule is CC(C(N)=O)N1CCc2nnc(CCc3ccccc3)n2CC1. The van der Waals surface area contributed by atoms with E-state index in [1.807, 2.05) is 13.0 Å². The maximum absolute atomic E-state index is 11.4. The fraction of sp³-hybridized carbons (Fsp3) is 0.471. The standard InChI is InChI=1S/C17H23N5O/c1-13(17(18)23)21-10-9-16-20-19-15(22(16)12-11-21)8-7-14-5-3-2-4-6-14/h2-6,13H,7-12H2,1H3,(H2,18,23). The zero-order valence-corrected chi connectivity index (χ0v) is 13.5. The number of rotatable bonds is 5. The van der Waals surface area contributed by atoms with Gasteiger partial charge in [0.2, 0.25) is 5.91 Å². The van der Waals surface area contributed by atoms with Crippen molar-refractivity contribution in [1.29, 1.82) is 0 Å². The van der Waals surface area contributed by atoms with Gasteiger partial charge in [0.25, 0.3) is 0 Å². The van der Waals surface area contributed by atoms with Gasteiger partial charge in [0, 0.05) is 32.5 Å². The lowest BCUT2D eigenvalue weighted by atomic mass is 10.1. The molecule has 122 valence electrons. The van der Waals surface area contributed by atoms with Crippen LogP contribution in [-0.4, -0.2) is 44.7 Å². The van der Waals surface area contributed by atoms with E-state index in [0.29, 0.717) is 0 Å². The highest BCUT2D eigenvalue weighted by Gasteiger charge is 2.23. The summed E-state index contributed by atoms with van der Waals surface area (Å²) in [5.74, 6) is 1.76. The third-order valence-corrected chi connectivity index (χ3v) is 4.58. The molecule has 1 aromatic carbocycles. The summed E-state index contributed by atoms with van der Waals surface area (Å²) in [7, 11) is 0. The van der Waals surface area contributed by atoms with Gasteiger partial charge in [0.15, 0.2) is 0 Å². The van der Waals surface area contributed by atoms with Gasteiger partial charge in [0.1, 0.15) is 11.6 Å². The Morgan fingerprint density at radius 2 is 1.96 bits per heavy atom. The van der Waals surface area contributed by atoms with E-state index >= 15 is 0 Å². The Kier molecular flexibility index (Phi) is 4.71. The molecule has 0 fully saturated rings. The van der Waals surface area contributed by atoms with Crippen molar-refractivity contribution in [2.45, 2.75) is 38.8 Å². The largest absolute Gasteiger partial charge is 0.368 e. The second-order valence-corrected chi connectivity index (χ2v) is 6.03. The summed E-state index contributed by atoms with van der Waals surface area (Å²) in [6, 6.07) is 10.2. The molecular weight excluding hydrogens is 290 g/mol. The summed E-state index contributed by atoms with van der Waals surface area (Å²) in [6.07, 6.45) is 2.64. The zero-order chi connectivity index (χ0) is 16.2. The lowest BCUT2D eigenvalue weighted by Crippen LogP contribution is -2.44. The first-order valence-corrected chi connectivity index (χ1v) is 8.13. The number of hydrogen-bond acceptors (Lipinski definition) is 4. The topological polar surface area (TPSA) is 77.0 Å². The van der Waals surface area contributed by atoms with Crippen LogP contribution < -0.4 is 5.73 Å². The van der Waals surface area contributed by atoms with Gasteiger partial charge in [-0.1, -0.05) is 30.3 Å².